The second-order valence-electron chi connectivity index (χ2n) is 4.13. The van der Waals surface area contributed by atoms with Crippen LogP contribution < -0.4 is 0 Å². The predicted molar refractivity (Wildman–Crippen MR) is 80.9 cm³/mol. The lowest BCUT2D eigenvalue weighted by molar-refractivity contribution is 0.142. The maximum atomic E-state index is 10.1. The third kappa shape index (κ3) is 3.69. The van der Waals surface area contributed by atoms with Gasteiger partial charge in [0.05, 0.1) is 0 Å². The van der Waals surface area contributed by atoms with E-state index in [1.54, 1.807) is 13.2 Å². The van der Waals surface area contributed by atoms with Gasteiger partial charge in [0.15, 0.2) is 0 Å². The molecule has 2 aromatic rings. The fourth-order valence-electron chi connectivity index (χ4n) is 1.80. The molecule has 0 bridgehead atoms. The van der Waals surface area contributed by atoms with Crippen LogP contribution in [0.3, 0.4) is 0 Å². The molecule has 0 aliphatic carbocycles. The Morgan fingerprint density at radius 2 is 1.74 bits per heavy atom. The SMILES string of the molecule is COC(/C=C(\O)c1ccc(Br)cc1)c1ccccc1. The average molecular weight is 319 g/mol. The zero-order valence-corrected chi connectivity index (χ0v) is 12.2. The van der Waals surface area contributed by atoms with Gasteiger partial charge < -0.3 is 9.84 Å². The molecule has 0 aliphatic heterocycles. The van der Waals surface area contributed by atoms with Crippen LogP contribution in [0.1, 0.15) is 17.2 Å². The number of aliphatic hydroxyl groups is 1. The van der Waals surface area contributed by atoms with Crippen LogP contribution in [-0.4, -0.2) is 12.2 Å². The van der Waals surface area contributed by atoms with Crippen molar-refractivity contribution in [2.75, 3.05) is 7.11 Å². The van der Waals surface area contributed by atoms with Crippen LogP contribution in [0.25, 0.3) is 5.76 Å². The van der Waals surface area contributed by atoms with E-state index < -0.39 is 0 Å². The van der Waals surface area contributed by atoms with Gasteiger partial charge >= 0.3 is 0 Å². The molecule has 2 rings (SSSR count). The Morgan fingerprint density at radius 3 is 2.32 bits per heavy atom. The number of benzene rings is 2. The topological polar surface area (TPSA) is 29.5 Å². The molecule has 0 saturated carbocycles. The Bertz CT molecular complexity index is 547. The molecule has 19 heavy (non-hydrogen) atoms. The van der Waals surface area contributed by atoms with Crippen LogP contribution in [0.4, 0.5) is 0 Å². The number of rotatable bonds is 4. The molecule has 1 unspecified atom stereocenters. The summed E-state index contributed by atoms with van der Waals surface area (Å²) in [6.07, 6.45) is 1.45. The maximum Gasteiger partial charge on any atom is 0.121 e. The van der Waals surface area contributed by atoms with Crippen molar-refractivity contribution in [3.05, 3.63) is 76.3 Å². The molecular formula is C16H15BrO2. The van der Waals surface area contributed by atoms with Crippen molar-refractivity contribution >= 4 is 21.7 Å². The Balaban J connectivity index is 2.25. The minimum Gasteiger partial charge on any atom is -0.508 e. The highest BCUT2D eigenvalue weighted by molar-refractivity contribution is 9.10. The van der Waals surface area contributed by atoms with Gasteiger partial charge in [-0.15, -0.1) is 0 Å². The number of halogens is 1. The van der Waals surface area contributed by atoms with E-state index in [1.165, 1.54) is 0 Å². The van der Waals surface area contributed by atoms with E-state index in [0.717, 1.165) is 15.6 Å². The van der Waals surface area contributed by atoms with Crippen molar-refractivity contribution in [1.82, 2.24) is 0 Å². The number of hydrogen-bond donors (Lipinski definition) is 1. The number of aliphatic hydroxyl groups excluding tert-OH is 1. The summed E-state index contributed by atoms with van der Waals surface area (Å²) >= 11 is 3.37. The molecule has 0 saturated heterocycles. The van der Waals surface area contributed by atoms with Gasteiger partial charge in [-0.05, 0) is 23.8 Å². The van der Waals surface area contributed by atoms with E-state index in [-0.39, 0.29) is 11.9 Å². The molecule has 0 amide bonds. The summed E-state index contributed by atoms with van der Waals surface area (Å²) in [6, 6.07) is 17.3. The Hall–Kier alpha value is -1.58. The average Bonchev–Trinajstić information content (AvgIpc) is 2.46. The number of ether oxygens (including phenoxy) is 1. The van der Waals surface area contributed by atoms with Gasteiger partial charge in [0, 0.05) is 17.1 Å². The van der Waals surface area contributed by atoms with Gasteiger partial charge in [-0.25, -0.2) is 0 Å². The summed E-state index contributed by atoms with van der Waals surface area (Å²) in [5.74, 6) is 0.211. The van der Waals surface area contributed by atoms with Gasteiger partial charge in [0.2, 0.25) is 0 Å². The highest BCUT2D eigenvalue weighted by Crippen LogP contribution is 2.23. The summed E-state index contributed by atoms with van der Waals surface area (Å²) in [4.78, 5) is 0. The van der Waals surface area contributed by atoms with Crippen molar-refractivity contribution in [3.63, 3.8) is 0 Å². The quantitative estimate of drug-likeness (QED) is 0.825. The molecule has 0 heterocycles. The Morgan fingerprint density at radius 1 is 1.11 bits per heavy atom. The minimum atomic E-state index is -0.259. The maximum absolute atomic E-state index is 10.1. The molecule has 1 atom stereocenters. The summed E-state index contributed by atoms with van der Waals surface area (Å²) in [5.41, 5.74) is 1.77. The molecule has 2 aromatic carbocycles. The van der Waals surface area contributed by atoms with Gasteiger partial charge in [-0.1, -0.05) is 58.4 Å². The fraction of sp³-hybridized carbons (Fsp3) is 0.125. The van der Waals surface area contributed by atoms with Crippen molar-refractivity contribution in [3.8, 4) is 0 Å². The predicted octanol–water partition coefficient (Wildman–Crippen LogP) is 4.74. The second-order valence-corrected chi connectivity index (χ2v) is 5.04. The first-order chi connectivity index (χ1) is 9.20. The lowest BCUT2D eigenvalue weighted by Gasteiger charge is -2.12. The summed E-state index contributed by atoms with van der Waals surface area (Å²) in [5, 5.41) is 10.1. The first-order valence-corrected chi connectivity index (χ1v) is 6.74. The number of methoxy groups -OCH3 is 1. The molecule has 0 fully saturated rings. The summed E-state index contributed by atoms with van der Waals surface area (Å²) < 4.78 is 6.39. The van der Waals surface area contributed by atoms with E-state index in [1.807, 2.05) is 54.6 Å². The third-order valence-electron chi connectivity index (χ3n) is 2.83. The fourth-order valence-corrected chi connectivity index (χ4v) is 2.07. The van der Waals surface area contributed by atoms with Gasteiger partial charge in [0.1, 0.15) is 11.9 Å². The third-order valence-corrected chi connectivity index (χ3v) is 3.36. The Labute approximate surface area is 121 Å². The molecule has 0 radical (unpaired) electrons. The zero-order chi connectivity index (χ0) is 13.7. The lowest BCUT2D eigenvalue weighted by atomic mass is 10.1. The monoisotopic (exact) mass is 318 g/mol. The summed E-state index contributed by atoms with van der Waals surface area (Å²) in [6.45, 7) is 0. The smallest absolute Gasteiger partial charge is 0.121 e. The molecule has 0 spiro atoms. The Kier molecular flexibility index (Phi) is 4.77. The molecular weight excluding hydrogens is 304 g/mol. The van der Waals surface area contributed by atoms with Crippen molar-refractivity contribution < 1.29 is 9.84 Å². The first kappa shape index (κ1) is 13.8. The minimum absolute atomic E-state index is 0.211. The molecule has 2 nitrogen and oxygen atoms in total. The zero-order valence-electron chi connectivity index (χ0n) is 10.6. The van der Waals surface area contributed by atoms with Crippen molar-refractivity contribution in [1.29, 1.82) is 0 Å². The van der Waals surface area contributed by atoms with Gasteiger partial charge in [0.25, 0.3) is 0 Å². The number of hydrogen-bond acceptors (Lipinski definition) is 2. The van der Waals surface area contributed by atoms with E-state index in [9.17, 15) is 5.11 Å². The molecule has 3 heteroatoms. The van der Waals surface area contributed by atoms with Crippen molar-refractivity contribution in [2.45, 2.75) is 6.10 Å². The first-order valence-electron chi connectivity index (χ1n) is 5.95. The van der Waals surface area contributed by atoms with Crippen LogP contribution in [0.5, 0.6) is 0 Å². The largest absolute Gasteiger partial charge is 0.508 e. The molecule has 1 N–H and O–H groups in total. The highest BCUT2D eigenvalue weighted by atomic mass is 79.9. The summed E-state index contributed by atoms with van der Waals surface area (Å²) in [7, 11) is 1.63. The van der Waals surface area contributed by atoms with Gasteiger partial charge in [-0.2, -0.15) is 0 Å². The van der Waals surface area contributed by atoms with Crippen LogP contribution in [0.2, 0.25) is 0 Å². The van der Waals surface area contributed by atoms with Crippen LogP contribution >= 0.6 is 15.9 Å². The second kappa shape index (κ2) is 6.55. The highest BCUT2D eigenvalue weighted by Gasteiger charge is 2.09. The van der Waals surface area contributed by atoms with Crippen LogP contribution in [0, 0.1) is 0 Å². The lowest BCUT2D eigenvalue weighted by Crippen LogP contribution is -1.99. The molecule has 0 aromatic heterocycles. The van der Waals surface area contributed by atoms with Crippen LogP contribution in [0.15, 0.2) is 65.1 Å². The standard InChI is InChI=1S/C16H15BrO2/c1-19-16(13-5-3-2-4-6-13)11-15(18)12-7-9-14(17)10-8-12/h2-11,16,18H,1H3/b15-11-. The van der Waals surface area contributed by atoms with E-state index in [0.29, 0.717) is 0 Å². The van der Waals surface area contributed by atoms with Gasteiger partial charge in [-0.3, -0.25) is 0 Å². The van der Waals surface area contributed by atoms with E-state index >= 15 is 0 Å². The van der Waals surface area contributed by atoms with E-state index in [2.05, 4.69) is 15.9 Å². The van der Waals surface area contributed by atoms with Crippen LogP contribution in [-0.2, 0) is 4.74 Å². The van der Waals surface area contributed by atoms with Crippen molar-refractivity contribution in [2.24, 2.45) is 0 Å². The van der Waals surface area contributed by atoms with E-state index in [4.69, 9.17) is 4.74 Å². The molecule has 0 aliphatic rings. The molecule has 98 valence electrons. The normalized spacial score (nSPS) is 13.3.